The minimum absolute atomic E-state index is 0.0633. The van der Waals surface area contributed by atoms with Gasteiger partial charge in [0, 0.05) is 18.1 Å². The van der Waals surface area contributed by atoms with Crippen molar-refractivity contribution < 1.29 is 14.4 Å². The first kappa shape index (κ1) is 18.2. The number of aliphatic hydroxyl groups excluding tert-OH is 1. The van der Waals surface area contributed by atoms with Gasteiger partial charge in [-0.2, -0.15) is 0 Å². The summed E-state index contributed by atoms with van der Waals surface area (Å²) in [6.07, 6.45) is 6.74. The van der Waals surface area contributed by atoms with Crippen LogP contribution in [0.25, 0.3) is 11.3 Å². The van der Waals surface area contributed by atoms with Crippen LogP contribution in [0.5, 0.6) is 0 Å². The normalized spacial score (nSPS) is 26.0. The maximum absolute atomic E-state index is 12.8. The molecule has 0 radical (unpaired) electrons. The van der Waals surface area contributed by atoms with Crippen LogP contribution < -0.4 is 0 Å². The lowest BCUT2D eigenvalue weighted by molar-refractivity contribution is 0.0349. The molecule has 3 fully saturated rings. The highest BCUT2D eigenvalue weighted by Gasteiger charge is 2.43. The summed E-state index contributed by atoms with van der Waals surface area (Å²) in [6, 6.07) is 11.8. The van der Waals surface area contributed by atoms with Crippen molar-refractivity contribution in [2.75, 3.05) is 0 Å². The lowest BCUT2D eigenvalue weighted by Gasteiger charge is -2.47. The average molecular weight is 392 g/mol. The molecule has 3 aliphatic carbocycles. The second-order valence-corrected chi connectivity index (χ2v) is 8.31. The van der Waals surface area contributed by atoms with E-state index in [1.165, 1.54) is 0 Å². The molecule has 7 heteroatoms. The van der Waals surface area contributed by atoms with E-state index in [2.05, 4.69) is 15.5 Å². The molecule has 2 aromatic heterocycles. The zero-order valence-electron chi connectivity index (χ0n) is 16.1. The molecule has 6 rings (SSSR count). The van der Waals surface area contributed by atoms with E-state index in [1.54, 1.807) is 6.07 Å². The summed E-state index contributed by atoms with van der Waals surface area (Å²) in [5, 5.41) is 21.5. The number of benzene rings is 1. The van der Waals surface area contributed by atoms with Crippen LogP contribution in [0.3, 0.4) is 0 Å². The molecule has 29 heavy (non-hydrogen) atoms. The van der Waals surface area contributed by atoms with Crippen LogP contribution in [0.15, 0.2) is 47.1 Å². The van der Waals surface area contributed by atoms with Gasteiger partial charge < -0.3 is 9.63 Å². The number of Topliss-reactive ketones (excluding diaryl/α,β-unsaturated/α-hetero) is 1. The molecule has 0 saturated heterocycles. The zero-order valence-corrected chi connectivity index (χ0v) is 16.1. The fraction of sp³-hybridized carbons (Fsp3) is 0.455. The molecule has 150 valence electrons. The van der Waals surface area contributed by atoms with E-state index in [0.717, 1.165) is 31.2 Å². The van der Waals surface area contributed by atoms with Gasteiger partial charge in [0.15, 0.2) is 11.5 Å². The molecule has 1 N–H and O–H groups in total. The van der Waals surface area contributed by atoms with Gasteiger partial charge in [0.1, 0.15) is 11.4 Å². The molecule has 3 aliphatic rings. The van der Waals surface area contributed by atoms with Crippen LogP contribution in [0.4, 0.5) is 0 Å². The largest absolute Gasteiger partial charge is 0.390 e. The van der Waals surface area contributed by atoms with Crippen molar-refractivity contribution in [3.05, 3.63) is 54.0 Å². The average Bonchev–Trinajstić information content (AvgIpc) is 3.45. The number of hydrogen-bond acceptors (Lipinski definition) is 6. The SMILES string of the molecule is O=C(CC1CC2CCC1CC2n1cc(CO)nn1)c1cc(-c2ccccc2)on1. The van der Waals surface area contributed by atoms with Crippen molar-refractivity contribution in [1.29, 1.82) is 0 Å². The molecule has 7 nitrogen and oxygen atoms in total. The smallest absolute Gasteiger partial charge is 0.185 e. The van der Waals surface area contributed by atoms with Gasteiger partial charge in [-0.05, 0) is 43.4 Å². The topological polar surface area (TPSA) is 94.0 Å². The van der Waals surface area contributed by atoms with Crippen molar-refractivity contribution in [2.45, 2.75) is 44.8 Å². The number of carbonyl (C=O) groups excluding carboxylic acids is 1. The number of rotatable bonds is 6. The first-order valence-electron chi connectivity index (χ1n) is 10.3. The van der Waals surface area contributed by atoms with E-state index >= 15 is 0 Å². The predicted octanol–water partition coefficient (Wildman–Crippen LogP) is 3.68. The van der Waals surface area contributed by atoms with Crippen molar-refractivity contribution in [1.82, 2.24) is 20.2 Å². The van der Waals surface area contributed by atoms with Crippen LogP contribution in [-0.2, 0) is 6.61 Å². The lowest BCUT2D eigenvalue weighted by Crippen LogP contribution is -2.39. The second-order valence-electron chi connectivity index (χ2n) is 8.31. The third kappa shape index (κ3) is 3.51. The molecule has 2 heterocycles. The van der Waals surface area contributed by atoms with Gasteiger partial charge in [-0.1, -0.05) is 40.7 Å². The summed E-state index contributed by atoms with van der Waals surface area (Å²) in [7, 11) is 0. The standard InChI is InChI=1S/C22H24N4O3/c27-13-18-12-26(25-23-18)20-9-15-6-7-16(20)8-17(15)10-21(28)19-11-22(29-24-19)14-4-2-1-3-5-14/h1-5,11-12,15-17,20,27H,6-10,13H2. The van der Waals surface area contributed by atoms with E-state index in [1.807, 2.05) is 41.2 Å². The van der Waals surface area contributed by atoms with Gasteiger partial charge in [-0.3, -0.25) is 4.79 Å². The molecule has 2 bridgehead atoms. The molecule has 4 atom stereocenters. The first-order chi connectivity index (χ1) is 14.2. The molecular formula is C22H24N4O3. The third-order valence-electron chi connectivity index (χ3n) is 6.63. The Morgan fingerprint density at radius 2 is 2.00 bits per heavy atom. The molecule has 0 amide bonds. The summed E-state index contributed by atoms with van der Waals surface area (Å²) < 4.78 is 7.32. The van der Waals surface area contributed by atoms with Crippen LogP contribution >= 0.6 is 0 Å². The Balaban J connectivity index is 1.25. The highest BCUT2D eigenvalue weighted by atomic mass is 16.5. The highest BCUT2D eigenvalue weighted by Crippen LogP contribution is 2.51. The first-order valence-corrected chi connectivity index (χ1v) is 10.3. The second kappa shape index (κ2) is 7.55. The molecular weight excluding hydrogens is 368 g/mol. The summed E-state index contributed by atoms with van der Waals surface area (Å²) in [6.45, 7) is -0.0827. The van der Waals surface area contributed by atoms with E-state index < -0.39 is 0 Å². The Labute approximate surface area is 168 Å². The Kier molecular flexibility index (Phi) is 4.75. The lowest BCUT2D eigenvalue weighted by atomic mass is 9.61. The van der Waals surface area contributed by atoms with E-state index in [9.17, 15) is 9.90 Å². The van der Waals surface area contributed by atoms with Gasteiger partial charge in [-0.25, -0.2) is 4.68 Å². The van der Waals surface area contributed by atoms with Crippen LogP contribution in [-0.4, -0.2) is 31.0 Å². The third-order valence-corrected chi connectivity index (χ3v) is 6.63. The fourth-order valence-electron chi connectivity index (χ4n) is 5.14. The van der Waals surface area contributed by atoms with E-state index in [4.69, 9.17) is 4.52 Å². The molecule has 4 unspecified atom stereocenters. The Hall–Kier alpha value is -2.80. The van der Waals surface area contributed by atoms with E-state index in [-0.39, 0.29) is 12.4 Å². The summed E-state index contributed by atoms with van der Waals surface area (Å²) in [4.78, 5) is 12.8. The van der Waals surface area contributed by atoms with Gasteiger partial charge >= 0.3 is 0 Å². The molecule has 1 aromatic carbocycles. The van der Waals surface area contributed by atoms with E-state index in [0.29, 0.717) is 47.4 Å². The number of aliphatic hydroxyl groups is 1. The number of nitrogens with zero attached hydrogens (tertiary/aromatic N) is 4. The minimum Gasteiger partial charge on any atom is -0.390 e. The van der Waals surface area contributed by atoms with Crippen LogP contribution in [0.2, 0.25) is 0 Å². The highest BCUT2D eigenvalue weighted by molar-refractivity contribution is 5.95. The number of hydrogen-bond donors (Lipinski definition) is 1. The summed E-state index contributed by atoms with van der Waals surface area (Å²) in [5.74, 6) is 2.09. The molecule has 3 saturated carbocycles. The van der Waals surface area contributed by atoms with Crippen molar-refractivity contribution in [2.24, 2.45) is 17.8 Å². The maximum atomic E-state index is 12.8. The number of aromatic nitrogens is 4. The van der Waals surface area contributed by atoms with Crippen LogP contribution in [0.1, 0.15) is 54.3 Å². The molecule has 3 aromatic rings. The van der Waals surface area contributed by atoms with Crippen molar-refractivity contribution in [3.63, 3.8) is 0 Å². The fourth-order valence-corrected chi connectivity index (χ4v) is 5.14. The van der Waals surface area contributed by atoms with Gasteiger partial charge in [-0.15, -0.1) is 5.10 Å². The van der Waals surface area contributed by atoms with Crippen molar-refractivity contribution >= 4 is 5.78 Å². The summed E-state index contributed by atoms with van der Waals surface area (Å²) in [5.41, 5.74) is 1.96. The Morgan fingerprint density at radius 1 is 1.17 bits per heavy atom. The van der Waals surface area contributed by atoms with Gasteiger partial charge in [0.05, 0.1) is 18.8 Å². The zero-order chi connectivity index (χ0) is 19.8. The maximum Gasteiger partial charge on any atom is 0.185 e. The summed E-state index contributed by atoms with van der Waals surface area (Å²) >= 11 is 0. The molecule has 0 spiro atoms. The minimum atomic E-state index is -0.0827. The Morgan fingerprint density at radius 3 is 2.72 bits per heavy atom. The van der Waals surface area contributed by atoms with Gasteiger partial charge in [0.2, 0.25) is 0 Å². The van der Waals surface area contributed by atoms with Gasteiger partial charge in [0.25, 0.3) is 0 Å². The number of ketones is 1. The monoisotopic (exact) mass is 392 g/mol. The van der Waals surface area contributed by atoms with Crippen molar-refractivity contribution in [3.8, 4) is 11.3 Å². The number of fused-ring (bicyclic) bond motifs is 3. The Bertz CT molecular complexity index is 996. The van der Waals surface area contributed by atoms with Crippen LogP contribution in [0, 0.1) is 17.8 Å². The number of carbonyl (C=O) groups is 1. The predicted molar refractivity (Wildman–Crippen MR) is 105 cm³/mol. The molecule has 0 aliphatic heterocycles. The quantitative estimate of drug-likeness (QED) is 0.643.